The Bertz CT molecular complexity index is 461. The number of carbonyl (C=O) groups excluding carboxylic acids is 1. The van der Waals surface area contributed by atoms with Crippen molar-refractivity contribution >= 4 is 18.3 Å². The van der Waals surface area contributed by atoms with E-state index in [2.05, 4.69) is 41.4 Å². The Morgan fingerprint density at radius 1 is 1.29 bits per heavy atom. The van der Waals surface area contributed by atoms with Crippen LogP contribution in [-0.2, 0) is 4.79 Å². The third kappa shape index (κ3) is 4.21. The number of nitrogens with zero attached hydrogens (tertiary/aromatic N) is 1. The minimum absolute atomic E-state index is 0. The van der Waals surface area contributed by atoms with Gasteiger partial charge in [0.2, 0.25) is 5.91 Å². The maximum absolute atomic E-state index is 12.3. The third-order valence-electron chi connectivity index (χ3n) is 4.57. The number of hydrogen-bond acceptors (Lipinski definition) is 2. The highest BCUT2D eigenvalue weighted by atomic mass is 35.5. The lowest BCUT2D eigenvalue weighted by Gasteiger charge is -2.21. The maximum atomic E-state index is 12.3. The summed E-state index contributed by atoms with van der Waals surface area (Å²) in [4.78, 5) is 14.4. The first-order valence-electron chi connectivity index (χ1n) is 7.79. The molecule has 2 aliphatic rings. The van der Waals surface area contributed by atoms with E-state index < -0.39 is 0 Å². The van der Waals surface area contributed by atoms with Crippen LogP contribution in [-0.4, -0.2) is 36.5 Å². The Morgan fingerprint density at radius 3 is 2.67 bits per heavy atom. The average molecular weight is 309 g/mol. The van der Waals surface area contributed by atoms with E-state index in [1.54, 1.807) is 0 Å². The quantitative estimate of drug-likeness (QED) is 0.907. The fourth-order valence-electron chi connectivity index (χ4n) is 3.15. The molecular weight excluding hydrogens is 284 g/mol. The molecule has 3 rings (SSSR count). The van der Waals surface area contributed by atoms with Crippen molar-refractivity contribution < 1.29 is 4.79 Å². The van der Waals surface area contributed by atoms with E-state index in [1.165, 1.54) is 18.4 Å². The molecule has 2 fully saturated rings. The van der Waals surface area contributed by atoms with E-state index in [-0.39, 0.29) is 18.3 Å². The molecule has 0 bridgehead atoms. The molecular formula is C17H25ClN2O. The first-order chi connectivity index (χ1) is 9.74. The largest absolute Gasteiger partial charge is 0.338 e. The Balaban J connectivity index is 0.00000161. The summed E-state index contributed by atoms with van der Waals surface area (Å²) in [6.07, 6.45) is 3.74. The molecule has 3 nitrogen and oxygen atoms in total. The fourth-order valence-corrected chi connectivity index (χ4v) is 3.15. The van der Waals surface area contributed by atoms with Crippen LogP contribution in [0.3, 0.4) is 0 Å². The molecule has 0 radical (unpaired) electrons. The highest BCUT2D eigenvalue weighted by Gasteiger charge is 2.32. The van der Waals surface area contributed by atoms with Gasteiger partial charge in [0.25, 0.3) is 0 Å². The van der Waals surface area contributed by atoms with E-state index in [1.807, 2.05) is 6.07 Å². The molecule has 1 saturated heterocycles. The van der Waals surface area contributed by atoms with Gasteiger partial charge in [-0.3, -0.25) is 4.79 Å². The number of halogens is 1. The monoisotopic (exact) mass is 308 g/mol. The van der Waals surface area contributed by atoms with Gasteiger partial charge in [-0.15, -0.1) is 12.4 Å². The van der Waals surface area contributed by atoms with Crippen molar-refractivity contribution in [3.8, 4) is 0 Å². The predicted molar refractivity (Wildman–Crippen MR) is 87.8 cm³/mol. The fraction of sp³-hybridized carbons (Fsp3) is 0.588. The molecule has 1 heterocycles. The Morgan fingerprint density at radius 2 is 2.00 bits per heavy atom. The molecule has 0 aromatic heterocycles. The Kier molecular flexibility index (Phi) is 5.65. The third-order valence-corrected chi connectivity index (χ3v) is 4.57. The van der Waals surface area contributed by atoms with Gasteiger partial charge in [-0.1, -0.05) is 30.3 Å². The summed E-state index contributed by atoms with van der Waals surface area (Å²) in [6.45, 7) is 4.55. The molecule has 0 spiro atoms. The van der Waals surface area contributed by atoms with Crippen LogP contribution in [0.2, 0.25) is 0 Å². The Labute approximate surface area is 133 Å². The van der Waals surface area contributed by atoms with Gasteiger partial charge in [0.05, 0.1) is 6.54 Å². The first kappa shape index (κ1) is 16.3. The van der Waals surface area contributed by atoms with Crippen molar-refractivity contribution in [2.45, 2.75) is 38.1 Å². The summed E-state index contributed by atoms with van der Waals surface area (Å²) >= 11 is 0. The van der Waals surface area contributed by atoms with Gasteiger partial charge >= 0.3 is 0 Å². The van der Waals surface area contributed by atoms with Crippen molar-refractivity contribution in [3.63, 3.8) is 0 Å². The van der Waals surface area contributed by atoms with Crippen molar-refractivity contribution in [2.75, 3.05) is 19.6 Å². The van der Waals surface area contributed by atoms with Gasteiger partial charge in [-0.25, -0.2) is 0 Å². The predicted octanol–water partition coefficient (Wildman–Crippen LogP) is 2.81. The van der Waals surface area contributed by atoms with Gasteiger partial charge < -0.3 is 10.2 Å². The standard InChI is InChI=1S/C17H24N2O.ClH/c1-13-9-16(15-5-3-2-4-6-15)12-19(13)17(20)11-18-10-14-7-8-14;/h2-6,13-14,16,18H,7-12H2,1H3;1H. The van der Waals surface area contributed by atoms with E-state index in [0.29, 0.717) is 18.5 Å². The number of rotatable bonds is 5. The van der Waals surface area contributed by atoms with Crippen LogP contribution < -0.4 is 5.32 Å². The number of carbonyl (C=O) groups is 1. The van der Waals surface area contributed by atoms with Gasteiger partial charge in [-0.2, -0.15) is 0 Å². The average Bonchev–Trinajstić information content (AvgIpc) is 3.20. The van der Waals surface area contributed by atoms with Crippen LogP contribution >= 0.6 is 12.4 Å². The Hall–Kier alpha value is -1.06. The molecule has 1 amide bonds. The van der Waals surface area contributed by atoms with Crippen molar-refractivity contribution in [2.24, 2.45) is 5.92 Å². The second-order valence-electron chi connectivity index (χ2n) is 6.31. The molecule has 1 saturated carbocycles. The van der Waals surface area contributed by atoms with Crippen LogP contribution in [0.5, 0.6) is 0 Å². The zero-order chi connectivity index (χ0) is 13.9. The minimum atomic E-state index is 0. The SMILES string of the molecule is CC1CC(c2ccccc2)CN1C(=O)CNCC1CC1.Cl. The summed E-state index contributed by atoms with van der Waals surface area (Å²) in [6, 6.07) is 10.9. The normalized spacial score (nSPS) is 24.7. The van der Waals surface area contributed by atoms with Gasteiger partial charge in [-0.05, 0) is 44.2 Å². The number of hydrogen-bond donors (Lipinski definition) is 1. The number of nitrogens with one attached hydrogen (secondary N) is 1. The van der Waals surface area contributed by atoms with Crippen molar-refractivity contribution in [1.29, 1.82) is 0 Å². The van der Waals surface area contributed by atoms with Crippen LogP contribution in [0.25, 0.3) is 0 Å². The molecule has 1 aromatic rings. The molecule has 116 valence electrons. The second kappa shape index (κ2) is 7.28. The van der Waals surface area contributed by atoms with Crippen LogP contribution in [0.15, 0.2) is 30.3 Å². The first-order valence-corrected chi connectivity index (χ1v) is 7.79. The molecule has 1 aromatic carbocycles. The zero-order valence-corrected chi connectivity index (χ0v) is 13.4. The van der Waals surface area contributed by atoms with E-state index in [0.717, 1.165) is 25.4 Å². The molecule has 4 heteroatoms. The van der Waals surface area contributed by atoms with Crippen LogP contribution in [0.4, 0.5) is 0 Å². The smallest absolute Gasteiger partial charge is 0.236 e. The van der Waals surface area contributed by atoms with E-state index in [9.17, 15) is 4.79 Å². The minimum Gasteiger partial charge on any atom is -0.338 e. The lowest BCUT2D eigenvalue weighted by atomic mass is 9.97. The highest BCUT2D eigenvalue weighted by Crippen LogP contribution is 2.31. The summed E-state index contributed by atoms with van der Waals surface area (Å²) in [7, 11) is 0. The molecule has 1 aliphatic heterocycles. The lowest BCUT2D eigenvalue weighted by Crippen LogP contribution is -2.40. The molecule has 2 unspecified atom stereocenters. The lowest BCUT2D eigenvalue weighted by molar-refractivity contribution is -0.130. The van der Waals surface area contributed by atoms with Gasteiger partial charge in [0.15, 0.2) is 0 Å². The highest BCUT2D eigenvalue weighted by molar-refractivity contribution is 5.85. The summed E-state index contributed by atoms with van der Waals surface area (Å²) in [5.74, 6) is 1.59. The number of amides is 1. The van der Waals surface area contributed by atoms with E-state index >= 15 is 0 Å². The van der Waals surface area contributed by atoms with Crippen molar-refractivity contribution in [1.82, 2.24) is 10.2 Å². The van der Waals surface area contributed by atoms with Crippen LogP contribution in [0, 0.1) is 5.92 Å². The molecule has 1 aliphatic carbocycles. The van der Waals surface area contributed by atoms with Crippen molar-refractivity contribution in [3.05, 3.63) is 35.9 Å². The van der Waals surface area contributed by atoms with Gasteiger partial charge in [0, 0.05) is 18.5 Å². The number of likely N-dealkylation sites (tertiary alicyclic amines) is 1. The second-order valence-corrected chi connectivity index (χ2v) is 6.31. The topological polar surface area (TPSA) is 32.3 Å². The summed E-state index contributed by atoms with van der Waals surface area (Å²) in [5.41, 5.74) is 1.36. The van der Waals surface area contributed by atoms with Gasteiger partial charge in [0.1, 0.15) is 0 Å². The molecule has 1 N–H and O–H groups in total. The van der Waals surface area contributed by atoms with Crippen LogP contribution in [0.1, 0.15) is 37.7 Å². The number of benzene rings is 1. The summed E-state index contributed by atoms with van der Waals surface area (Å²) < 4.78 is 0. The summed E-state index contributed by atoms with van der Waals surface area (Å²) in [5, 5.41) is 3.31. The zero-order valence-electron chi connectivity index (χ0n) is 12.6. The molecule has 2 atom stereocenters. The maximum Gasteiger partial charge on any atom is 0.236 e. The molecule has 21 heavy (non-hydrogen) atoms. The van der Waals surface area contributed by atoms with E-state index in [4.69, 9.17) is 0 Å².